The lowest BCUT2D eigenvalue weighted by atomic mass is 9.97. The van der Waals surface area contributed by atoms with Crippen molar-refractivity contribution in [3.63, 3.8) is 0 Å². The Morgan fingerprint density at radius 2 is 2.06 bits per heavy atom. The Bertz CT molecular complexity index is 1150. The number of hydrogen-bond donors (Lipinski definition) is 2. The monoisotopic (exact) mass is 423 g/mol. The van der Waals surface area contributed by atoms with Gasteiger partial charge in [-0.1, -0.05) is 24.3 Å². The summed E-state index contributed by atoms with van der Waals surface area (Å²) >= 11 is 0. The Morgan fingerprint density at radius 3 is 2.87 bits per heavy atom. The van der Waals surface area contributed by atoms with Crippen molar-refractivity contribution >= 4 is 22.8 Å². The fourth-order valence-electron chi connectivity index (χ4n) is 4.08. The number of nitrogens with one attached hydrogen (secondary N) is 2. The quantitative estimate of drug-likeness (QED) is 0.596. The average molecular weight is 423 g/mol. The Morgan fingerprint density at radius 1 is 1.23 bits per heavy atom. The minimum atomic E-state index is -0.252. The van der Waals surface area contributed by atoms with E-state index >= 15 is 0 Å². The molecule has 1 atom stereocenters. The van der Waals surface area contributed by atoms with Crippen LogP contribution in [0.15, 0.2) is 53.3 Å². The number of anilines is 1. The lowest BCUT2D eigenvalue weighted by Gasteiger charge is -2.32. The molecule has 0 aliphatic carbocycles. The van der Waals surface area contributed by atoms with E-state index in [0.717, 1.165) is 24.9 Å². The highest BCUT2D eigenvalue weighted by Crippen LogP contribution is 2.19. The van der Waals surface area contributed by atoms with E-state index in [9.17, 15) is 14.0 Å². The molecule has 1 fully saturated rings. The average Bonchev–Trinajstić information content (AvgIpc) is 2.78. The van der Waals surface area contributed by atoms with Crippen LogP contribution >= 0.6 is 0 Å². The van der Waals surface area contributed by atoms with Crippen LogP contribution in [0.4, 0.5) is 10.3 Å². The van der Waals surface area contributed by atoms with Gasteiger partial charge in [-0.05, 0) is 56.1 Å². The predicted octanol–water partition coefficient (Wildman–Crippen LogP) is 2.91. The summed E-state index contributed by atoms with van der Waals surface area (Å²) < 4.78 is 15.0. The van der Waals surface area contributed by atoms with Gasteiger partial charge in [-0.2, -0.15) is 0 Å². The van der Waals surface area contributed by atoms with Crippen LogP contribution in [0.5, 0.6) is 0 Å². The van der Waals surface area contributed by atoms with Gasteiger partial charge in [-0.3, -0.25) is 29.9 Å². The van der Waals surface area contributed by atoms with E-state index in [-0.39, 0.29) is 23.2 Å². The fourth-order valence-corrected chi connectivity index (χ4v) is 4.08. The molecule has 1 saturated heterocycles. The van der Waals surface area contributed by atoms with Gasteiger partial charge in [0.1, 0.15) is 5.82 Å². The normalized spacial score (nSPS) is 16.9. The maximum absolute atomic E-state index is 13.5. The third-order valence-electron chi connectivity index (χ3n) is 5.65. The number of likely N-dealkylation sites (tertiary alicyclic amines) is 1. The van der Waals surface area contributed by atoms with Crippen molar-refractivity contribution in [1.29, 1.82) is 0 Å². The Labute approximate surface area is 179 Å². The molecule has 1 aliphatic rings. The van der Waals surface area contributed by atoms with Gasteiger partial charge in [0.15, 0.2) is 0 Å². The summed E-state index contributed by atoms with van der Waals surface area (Å²) in [6.45, 7) is 4.36. The number of piperidine rings is 1. The molecule has 1 aromatic heterocycles. The summed E-state index contributed by atoms with van der Waals surface area (Å²) in [7, 11) is 0. The number of benzene rings is 2. The second-order valence-electron chi connectivity index (χ2n) is 7.82. The van der Waals surface area contributed by atoms with Crippen LogP contribution in [0, 0.1) is 11.7 Å². The van der Waals surface area contributed by atoms with Crippen molar-refractivity contribution in [2.45, 2.75) is 32.9 Å². The number of hydrogen-bond acceptors (Lipinski definition) is 5. The Hall–Kier alpha value is -3.26. The number of para-hydroxylation sites is 1. The smallest absolute Gasteiger partial charge is 0.262 e. The van der Waals surface area contributed by atoms with Crippen molar-refractivity contribution in [1.82, 2.24) is 19.9 Å². The summed E-state index contributed by atoms with van der Waals surface area (Å²) in [5, 5.41) is 0.543. The van der Waals surface area contributed by atoms with Gasteiger partial charge in [0.05, 0.1) is 16.8 Å². The first-order valence-corrected chi connectivity index (χ1v) is 10.6. The molecule has 0 radical (unpaired) electrons. The van der Waals surface area contributed by atoms with Crippen LogP contribution in [0.1, 0.15) is 25.3 Å². The van der Waals surface area contributed by atoms with E-state index in [1.54, 1.807) is 24.3 Å². The van der Waals surface area contributed by atoms with E-state index in [0.29, 0.717) is 36.5 Å². The molecule has 1 amide bonds. The van der Waals surface area contributed by atoms with Gasteiger partial charge >= 0.3 is 0 Å². The first kappa shape index (κ1) is 21.0. The zero-order valence-corrected chi connectivity index (χ0v) is 17.5. The number of amides is 1. The third kappa shape index (κ3) is 4.74. The number of hydrazine groups is 1. The summed E-state index contributed by atoms with van der Waals surface area (Å²) in [4.78, 5) is 32.2. The maximum atomic E-state index is 13.5. The number of rotatable bonds is 6. The van der Waals surface area contributed by atoms with Crippen LogP contribution in [-0.4, -0.2) is 33.4 Å². The molecule has 2 aromatic carbocycles. The van der Waals surface area contributed by atoms with Crippen LogP contribution < -0.4 is 16.4 Å². The first-order chi connectivity index (χ1) is 15.0. The lowest BCUT2D eigenvalue weighted by molar-refractivity contribution is -0.126. The van der Waals surface area contributed by atoms with E-state index in [1.165, 1.54) is 16.7 Å². The summed E-state index contributed by atoms with van der Waals surface area (Å²) in [5.41, 5.74) is 6.90. The SMILES string of the molecule is CCn1c(NNC(=O)C2CCCN(Cc3cccc(F)c3)C2)nc2ccccc2c1=O. The largest absolute Gasteiger partial charge is 0.298 e. The standard InChI is InChI=1S/C23H26FN5O2/c1-2-29-22(31)19-10-3-4-11-20(19)25-23(29)27-26-21(30)17-8-6-12-28(15-17)14-16-7-5-9-18(24)13-16/h3-5,7,9-11,13,17H,2,6,8,12,14-15H2,1H3,(H,25,27)(H,26,30). The molecule has 31 heavy (non-hydrogen) atoms. The van der Waals surface area contributed by atoms with Gasteiger partial charge in [-0.15, -0.1) is 0 Å². The molecule has 1 unspecified atom stereocenters. The van der Waals surface area contributed by atoms with E-state index in [4.69, 9.17) is 0 Å². The molecule has 0 spiro atoms. The molecule has 8 heteroatoms. The van der Waals surface area contributed by atoms with Gasteiger partial charge in [0, 0.05) is 19.6 Å². The second kappa shape index (κ2) is 9.26. The molecule has 162 valence electrons. The molecular formula is C23H26FN5O2. The number of aromatic nitrogens is 2. The summed E-state index contributed by atoms with van der Waals surface area (Å²) in [6, 6.07) is 13.7. The number of fused-ring (bicyclic) bond motifs is 1. The Kier molecular flexibility index (Phi) is 6.27. The molecular weight excluding hydrogens is 397 g/mol. The number of carbonyl (C=O) groups is 1. The third-order valence-corrected chi connectivity index (χ3v) is 5.65. The molecule has 0 saturated carbocycles. The van der Waals surface area contributed by atoms with Gasteiger partial charge in [-0.25, -0.2) is 9.37 Å². The topological polar surface area (TPSA) is 79.3 Å². The van der Waals surface area contributed by atoms with Crippen LogP contribution in [0.2, 0.25) is 0 Å². The maximum Gasteiger partial charge on any atom is 0.262 e. The molecule has 1 aliphatic heterocycles. The molecule has 7 nitrogen and oxygen atoms in total. The highest BCUT2D eigenvalue weighted by molar-refractivity contribution is 5.81. The highest BCUT2D eigenvalue weighted by atomic mass is 19.1. The van der Waals surface area contributed by atoms with Crippen LogP contribution in [0.25, 0.3) is 10.9 Å². The highest BCUT2D eigenvalue weighted by Gasteiger charge is 2.26. The van der Waals surface area contributed by atoms with Crippen molar-refractivity contribution in [2.75, 3.05) is 18.5 Å². The Balaban J connectivity index is 1.42. The molecule has 3 aromatic rings. The zero-order chi connectivity index (χ0) is 21.8. The predicted molar refractivity (Wildman–Crippen MR) is 118 cm³/mol. The van der Waals surface area contributed by atoms with Crippen LogP contribution in [0.3, 0.4) is 0 Å². The van der Waals surface area contributed by atoms with Gasteiger partial charge in [0.2, 0.25) is 11.9 Å². The number of halogens is 1. The van der Waals surface area contributed by atoms with E-state index in [1.807, 2.05) is 19.1 Å². The zero-order valence-electron chi connectivity index (χ0n) is 17.5. The van der Waals surface area contributed by atoms with Crippen molar-refractivity contribution in [3.05, 3.63) is 70.3 Å². The summed E-state index contributed by atoms with van der Waals surface area (Å²) in [5.74, 6) is -0.282. The molecule has 2 heterocycles. The number of nitrogens with zero attached hydrogens (tertiary/aromatic N) is 3. The second-order valence-corrected chi connectivity index (χ2v) is 7.82. The molecule has 0 bridgehead atoms. The van der Waals surface area contributed by atoms with Crippen molar-refractivity contribution < 1.29 is 9.18 Å². The van der Waals surface area contributed by atoms with Crippen molar-refractivity contribution in [2.24, 2.45) is 5.92 Å². The lowest BCUT2D eigenvalue weighted by Crippen LogP contribution is -2.45. The minimum absolute atomic E-state index is 0.144. The van der Waals surface area contributed by atoms with Crippen LogP contribution in [-0.2, 0) is 17.9 Å². The number of carbonyl (C=O) groups excluding carboxylic acids is 1. The molecule has 2 N–H and O–H groups in total. The van der Waals surface area contributed by atoms with E-state index < -0.39 is 0 Å². The fraction of sp³-hybridized carbons (Fsp3) is 0.348. The summed E-state index contributed by atoms with van der Waals surface area (Å²) in [6.07, 6.45) is 1.67. The van der Waals surface area contributed by atoms with Crippen molar-refractivity contribution in [3.8, 4) is 0 Å². The van der Waals surface area contributed by atoms with Gasteiger partial charge in [0.25, 0.3) is 5.56 Å². The van der Waals surface area contributed by atoms with Gasteiger partial charge < -0.3 is 0 Å². The molecule has 4 rings (SSSR count). The van der Waals surface area contributed by atoms with E-state index in [2.05, 4.69) is 20.7 Å². The first-order valence-electron chi connectivity index (χ1n) is 10.6. The minimum Gasteiger partial charge on any atom is -0.298 e.